The van der Waals surface area contributed by atoms with Gasteiger partial charge in [0.25, 0.3) is 0 Å². The fraction of sp³-hybridized carbons (Fsp3) is 1.00. The molecule has 0 radical (unpaired) electrons. The second kappa shape index (κ2) is 2.01. The molecular formula is C5H12ClN. The fourth-order valence-electron chi connectivity index (χ4n) is 0.734. The van der Waals surface area contributed by atoms with E-state index in [9.17, 15) is 0 Å². The topological polar surface area (TPSA) is 26.0 Å². The van der Waals surface area contributed by atoms with E-state index in [1.165, 1.54) is 19.3 Å². The van der Waals surface area contributed by atoms with Gasteiger partial charge in [0.2, 0.25) is 0 Å². The van der Waals surface area contributed by atoms with Gasteiger partial charge in [-0.2, -0.15) is 0 Å². The molecule has 0 spiro atoms. The standard InChI is InChI=1S/C5H11N.ClH/c1-5(6)3-2-4-5;/h2-4,6H2,1H3;1H. The van der Waals surface area contributed by atoms with E-state index < -0.39 is 0 Å². The average Bonchev–Trinajstić information content (AvgIpc) is 1.32. The van der Waals surface area contributed by atoms with Crippen LogP contribution in [0.1, 0.15) is 26.2 Å². The zero-order valence-electron chi connectivity index (χ0n) is 4.61. The summed E-state index contributed by atoms with van der Waals surface area (Å²) in [5, 5.41) is 0. The Kier molecular flexibility index (Phi) is 2.09. The van der Waals surface area contributed by atoms with Crippen molar-refractivity contribution in [2.75, 3.05) is 0 Å². The van der Waals surface area contributed by atoms with Crippen molar-refractivity contribution in [3.05, 3.63) is 0 Å². The average molecular weight is 122 g/mol. The summed E-state index contributed by atoms with van der Waals surface area (Å²) in [5.41, 5.74) is 5.84. The Morgan fingerprint density at radius 3 is 1.71 bits per heavy atom. The van der Waals surface area contributed by atoms with Crippen LogP contribution in [0.3, 0.4) is 0 Å². The van der Waals surface area contributed by atoms with E-state index in [2.05, 4.69) is 6.92 Å². The molecule has 0 heterocycles. The van der Waals surface area contributed by atoms with E-state index in [-0.39, 0.29) is 17.9 Å². The van der Waals surface area contributed by atoms with Crippen molar-refractivity contribution in [2.24, 2.45) is 5.73 Å². The van der Waals surface area contributed by atoms with Crippen LogP contribution in [-0.4, -0.2) is 5.54 Å². The Hall–Kier alpha value is 0.250. The van der Waals surface area contributed by atoms with Gasteiger partial charge >= 0.3 is 0 Å². The van der Waals surface area contributed by atoms with Crippen LogP contribution in [0.2, 0.25) is 0 Å². The number of hydrogen-bond donors (Lipinski definition) is 1. The summed E-state index contributed by atoms with van der Waals surface area (Å²) < 4.78 is 0. The zero-order valence-corrected chi connectivity index (χ0v) is 5.42. The molecule has 0 aliphatic heterocycles. The first-order valence-corrected chi connectivity index (χ1v) is 2.50. The van der Waals surface area contributed by atoms with Gasteiger partial charge in [-0.15, -0.1) is 12.4 Å². The summed E-state index contributed by atoms with van der Waals surface area (Å²) in [6, 6.07) is 0. The molecular weight excluding hydrogens is 110 g/mol. The summed E-state index contributed by atoms with van der Waals surface area (Å²) in [6.07, 6.45) is 3.80. The van der Waals surface area contributed by atoms with Gasteiger partial charge in [-0.25, -0.2) is 0 Å². The predicted octanol–water partition coefficient (Wildman–Crippen LogP) is 1.31. The molecule has 2 N–H and O–H groups in total. The van der Waals surface area contributed by atoms with E-state index in [4.69, 9.17) is 5.73 Å². The van der Waals surface area contributed by atoms with Crippen LogP contribution in [0.25, 0.3) is 0 Å². The van der Waals surface area contributed by atoms with E-state index in [1.807, 2.05) is 0 Å². The van der Waals surface area contributed by atoms with E-state index in [0.29, 0.717) is 0 Å². The zero-order chi connectivity index (χ0) is 4.62. The van der Waals surface area contributed by atoms with E-state index >= 15 is 0 Å². The summed E-state index contributed by atoms with van der Waals surface area (Å²) in [4.78, 5) is 0. The first kappa shape index (κ1) is 7.25. The maximum absolute atomic E-state index is 5.62. The largest absolute Gasteiger partial charge is 0.325 e. The Morgan fingerprint density at radius 2 is 1.71 bits per heavy atom. The lowest BCUT2D eigenvalue weighted by atomic mass is 9.80. The lowest BCUT2D eigenvalue weighted by Crippen LogP contribution is -2.42. The van der Waals surface area contributed by atoms with Gasteiger partial charge in [0.05, 0.1) is 0 Å². The molecule has 1 fully saturated rings. The highest BCUT2D eigenvalue weighted by molar-refractivity contribution is 5.85. The van der Waals surface area contributed by atoms with Crippen LogP contribution in [0.4, 0.5) is 0 Å². The molecule has 2 heteroatoms. The summed E-state index contributed by atoms with van der Waals surface area (Å²) in [7, 11) is 0. The van der Waals surface area contributed by atoms with Crippen LogP contribution in [0.15, 0.2) is 0 Å². The molecule has 1 rings (SSSR count). The number of hydrogen-bond acceptors (Lipinski definition) is 1. The van der Waals surface area contributed by atoms with Crippen molar-refractivity contribution in [1.82, 2.24) is 0 Å². The quantitative estimate of drug-likeness (QED) is 0.514. The Morgan fingerprint density at radius 1 is 1.43 bits per heavy atom. The molecule has 44 valence electrons. The summed E-state index contributed by atoms with van der Waals surface area (Å²) in [6.45, 7) is 2.11. The van der Waals surface area contributed by atoms with Gasteiger partial charge < -0.3 is 5.73 Å². The van der Waals surface area contributed by atoms with Gasteiger partial charge in [0.1, 0.15) is 0 Å². The number of halogens is 1. The summed E-state index contributed by atoms with van der Waals surface area (Å²) >= 11 is 0. The molecule has 1 aliphatic carbocycles. The SMILES string of the molecule is CC1(N)CCC1.Cl. The van der Waals surface area contributed by atoms with Gasteiger partial charge in [-0.05, 0) is 26.2 Å². The monoisotopic (exact) mass is 121 g/mol. The molecule has 0 aromatic heterocycles. The third-order valence-electron chi connectivity index (χ3n) is 1.50. The molecule has 0 unspecified atom stereocenters. The predicted molar refractivity (Wildman–Crippen MR) is 33.7 cm³/mol. The summed E-state index contributed by atoms with van der Waals surface area (Å²) in [5.74, 6) is 0. The van der Waals surface area contributed by atoms with Crippen molar-refractivity contribution in [3.63, 3.8) is 0 Å². The Balaban J connectivity index is 0.000000360. The van der Waals surface area contributed by atoms with Crippen LogP contribution in [-0.2, 0) is 0 Å². The molecule has 0 bridgehead atoms. The van der Waals surface area contributed by atoms with Crippen LogP contribution < -0.4 is 5.73 Å². The van der Waals surface area contributed by atoms with E-state index in [1.54, 1.807) is 0 Å². The first-order chi connectivity index (χ1) is 2.71. The number of rotatable bonds is 0. The maximum atomic E-state index is 5.62. The minimum absolute atomic E-state index is 0. The third kappa shape index (κ3) is 1.66. The van der Waals surface area contributed by atoms with Crippen LogP contribution in [0.5, 0.6) is 0 Å². The molecule has 0 amide bonds. The van der Waals surface area contributed by atoms with Crippen molar-refractivity contribution in [1.29, 1.82) is 0 Å². The number of nitrogens with two attached hydrogens (primary N) is 1. The molecule has 1 saturated carbocycles. The van der Waals surface area contributed by atoms with Crippen LogP contribution in [0, 0.1) is 0 Å². The molecule has 7 heavy (non-hydrogen) atoms. The molecule has 0 aromatic rings. The van der Waals surface area contributed by atoms with Gasteiger partial charge in [-0.3, -0.25) is 0 Å². The molecule has 0 atom stereocenters. The Bertz CT molecular complexity index is 55.1. The van der Waals surface area contributed by atoms with Gasteiger partial charge in [-0.1, -0.05) is 0 Å². The third-order valence-corrected chi connectivity index (χ3v) is 1.50. The van der Waals surface area contributed by atoms with E-state index in [0.717, 1.165) is 0 Å². The second-order valence-electron chi connectivity index (χ2n) is 2.51. The maximum Gasteiger partial charge on any atom is 0.0125 e. The van der Waals surface area contributed by atoms with Gasteiger partial charge in [0, 0.05) is 5.54 Å². The lowest BCUT2D eigenvalue weighted by molar-refractivity contribution is 0.277. The minimum atomic E-state index is 0. The van der Waals surface area contributed by atoms with Crippen molar-refractivity contribution < 1.29 is 0 Å². The fourth-order valence-corrected chi connectivity index (χ4v) is 0.734. The minimum Gasteiger partial charge on any atom is -0.325 e. The van der Waals surface area contributed by atoms with Crippen LogP contribution >= 0.6 is 12.4 Å². The molecule has 1 aliphatic rings. The van der Waals surface area contributed by atoms with Crippen molar-refractivity contribution in [2.45, 2.75) is 31.7 Å². The highest BCUT2D eigenvalue weighted by Crippen LogP contribution is 2.27. The lowest BCUT2D eigenvalue weighted by Gasteiger charge is -2.33. The molecule has 0 aromatic carbocycles. The molecule has 1 nitrogen and oxygen atoms in total. The van der Waals surface area contributed by atoms with Crippen molar-refractivity contribution in [3.8, 4) is 0 Å². The first-order valence-electron chi connectivity index (χ1n) is 2.50. The van der Waals surface area contributed by atoms with Crippen molar-refractivity contribution >= 4 is 12.4 Å². The van der Waals surface area contributed by atoms with Gasteiger partial charge in [0.15, 0.2) is 0 Å². The smallest absolute Gasteiger partial charge is 0.0125 e. The Labute approximate surface area is 50.7 Å². The highest BCUT2D eigenvalue weighted by atomic mass is 35.5. The molecule has 0 saturated heterocycles. The normalized spacial score (nSPS) is 24.9. The highest BCUT2D eigenvalue weighted by Gasteiger charge is 2.25. The second-order valence-corrected chi connectivity index (χ2v) is 2.51.